The van der Waals surface area contributed by atoms with Crippen molar-refractivity contribution in [2.45, 2.75) is 84.0 Å². The third-order valence-corrected chi connectivity index (χ3v) is 11.8. The summed E-state index contributed by atoms with van der Waals surface area (Å²) in [4.78, 5) is 23.0. The van der Waals surface area contributed by atoms with Crippen LogP contribution >= 0.6 is 7.14 Å². The zero-order valence-electron chi connectivity index (χ0n) is 23.0. The van der Waals surface area contributed by atoms with Gasteiger partial charge >= 0.3 is 11.8 Å². The van der Waals surface area contributed by atoms with E-state index < -0.39 is 36.0 Å². The largest absolute Gasteiger partial charge is 0.506 e. The second-order valence-corrected chi connectivity index (χ2v) is 17.0. The first-order valence-electron chi connectivity index (χ1n) is 11.4. The molecule has 0 amide bonds. The van der Waals surface area contributed by atoms with Gasteiger partial charge in [-0.25, -0.2) is 4.79 Å². The van der Waals surface area contributed by atoms with Crippen LogP contribution in [0.4, 0.5) is 13.2 Å². The Labute approximate surface area is 261 Å². The average molecular weight is 697 g/mol. The fraction of sp³-hybridized carbons (Fsp3) is 0.481. The van der Waals surface area contributed by atoms with Gasteiger partial charge in [-0.05, 0) is 16.8 Å². The van der Waals surface area contributed by atoms with Crippen molar-refractivity contribution in [2.24, 2.45) is 0 Å². The molecular formula is C27H36EuF3O6P. The minimum atomic E-state index is -5.29. The number of alkyl halides is 3. The van der Waals surface area contributed by atoms with Gasteiger partial charge in [0.2, 0.25) is 0 Å². The molecule has 0 spiro atoms. The summed E-state index contributed by atoms with van der Waals surface area (Å²) < 4.78 is 55.7. The number of Topliss-reactive ketones (excluding diaryl/α,β-unsaturated/α-hetero) is 1. The third kappa shape index (κ3) is 6.98. The van der Waals surface area contributed by atoms with E-state index in [2.05, 4.69) is 62.3 Å². The fourth-order valence-corrected chi connectivity index (χ4v) is 11.4. The van der Waals surface area contributed by atoms with Crippen molar-refractivity contribution in [3.05, 3.63) is 52.4 Å². The molecule has 0 aliphatic carbocycles. The van der Waals surface area contributed by atoms with Crippen molar-refractivity contribution >= 4 is 34.7 Å². The molecule has 0 bridgehead atoms. The van der Waals surface area contributed by atoms with Crippen molar-refractivity contribution < 1.29 is 86.9 Å². The molecule has 0 aliphatic rings. The van der Waals surface area contributed by atoms with Crippen molar-refractivity contribution in [2.75, 3.05) is 0 Å². The molecule has 3 rings (SSSR count). The number of fused-ring (bicyclic) bond motifs is 3. The molecule has 1 radical (unpaired) electrons. The van der Waals surface area contributed by atoms with Crippen molar-refractivity contribution in [1.82, 2.24) is 0 Å². The molecule has 3 N–H and O–H groups in total. The van der Waals surface area contributed by atoms with Gasteiger partial charge < -0.3 is 19.6 Å². The molecule has 0 unspecified atom stereocenters. The molecule has 2 aromatic carbocycles. The van der Waals surface area contributed by atoms with Crippen LogP contribution in [0.1, 0.15) is 72.7 Å². The number of aromatic hydroxyl groups is 1. The standard InChI is InChI=1S/C15H7F3O4.C12H27OP.Eu.H2O/c16-15(17,18)13(20)11-12(19)10-8-4-2-1-3-7(8)5-6-9(10)22-14(11)21;1-10(2,3)14(13,11(4,5)6)12(7,8)9;;/h1-6,19H;1-9H3;;1H2. The maximum absolute atomic E-state index is 13.3. The number of benzene rings is 2. The smallest absolute Gasteiger partial charge is 0.455 e. The Morgan fingerprint density at radius 2 is 1.29 bits per heavy atom. The van der Waals surface area contributed by atoms with Crippen LogP contribution in [-0.4, -0.2) is 38.0 Å². The molecule has 38 heavy (non-hydrogen) atoms. The van der Waals surface area contributed by atoms with Crippen LogP contribution in [0.3, 0.4) is 0 Å². The van der Waals surface area contributed by atoms with E-state index in [1.54, 1.807) is 30.3 Å². The van der Waals surface area contributed by atoms with Crippen LogP contribution in [-0.2, 0) is 4.57 Å². The van der Waals surface area contributed by atoms with Gasteiger partial charge in [0.25, 0.3) is 5.78 Å². The number of hydrogen-bond acceptors (Lipinski definition) is 5. The first-order valence-corrected chi connectivity index (χ1v) is 13.2. The summed E-state index contributed by atoms with van der Waals surface area (Å²) in [6.07, 6.45) is -5.29. The number of rotatable bonds is 1. The first kappa shape index (κ1) is 36.9. The van der Waals surface area contributed by atoms with Crippen LogP contribution in [0.15, 0.2) is 45.6 Å². The van der Waals surface area contributed by atoms with Crippen molar-refractivity contribution in [3.63, 3.8) is 0 Å². The number of hydrogen-bond donors (Lipinski definition) is 1. The van der Waals surface area contributed by atoms with E-state index in [4.69, 9.17) is 4.42 Å². The number of ketones is 1. The SMILES string of the molecule is CC(C)(C)P(=O)(C(C)(C)C)C(C)(C)C.O.O=C(c1c(O)c2c(ccc3ccccc32)oc1=O)C(F)(F)F.[Eu]. The van der Waals surface area contributed by atoms with Gasteiger partial charge in [0.05, 0.1) is 5.39 Å². The summed E-state index contributed by atoms with van der Waals surface area (Å²) in [5.41, 5.74) is -3.03. The Morgan fingerprint density at radius 3 is 1.68 bits per heavy atom. The molecular weight excluding hydrogens is 660 g/mol. The van der Waals surface area contributed by atoms with Crippen molar-refractivity contribution in [1.29, 1.82) is 0 Å². The topological polar surface area (TPSA) is 116 Å². The second-order valence-electron chi connectivity index (χ2n) is 11.7. The normalized spacial score (nSPS) is 12.7. The predicted molar refractivity (Wildman–Crippen MR) is 143 cm³/mol. The van der Waals surface area contributed by atoms with E-state index in [0.717, 1.165) is 0 Å². The number of carbonyl (C=O) groups excluding carboxylic acids is 1. The van der Waals surface area contributed by atoms with E-state index in [1.807, 2.05) is 0 Å². The van der Waals surface area contributed by atoms with E-state index in [1.165, 1.54) is 6.07 Å². The summed E-state index contributed by atoms with van der Waals surface area (Å²) >= 11 is 0. The van der Waals surface area contributed by atoms with Gasteiger partial charge in [-0.1, -0.05) is 92.6 Å². The minimum Gasteiger partial charge on any atom is -0.506 e. The van der Waals surface area contributed by atoms with Gasteiger partial charge in [-0.2, -0.15) is 13.2 Å². The minimum absolute atomic E-state index is 0. The quantitative estimate of drug-likeness (QED) is 0.124. The Hall–Kier alpha value is -1.06. The van der Waals surface area contributed by atoms with Gasteiger partial charge in [0.1, 0.15) is 18.5 Å². The number of carbonyl (C=O) groups is 1. The summed E-state index contributed by atoms with van der Waals surface area (Å²) in [5.74, 6) is -3.46. The van der Waals surface area contributed by atoms with Crippen LogP contribution in [0.25, 0.3) is 21.7 Å². The summed E-state index contributed by atoms with van der Waals surface area (Å²) in [5, 5.41) is 10.6. The summed E-state index contributed by atoms with van der Waals surface area (Å²) in [6, 6.07) is 9.46. The Bertz CT molecular complexity index is 1360. The van der Waals surface area contributed by atoms with Crippen molar-refractivity contribution in [3.8, 4) is 5.75 Å². The molecule has 0 aliphatic heterocycles. The van der Waals surface area contributed by atoms with Crippen LogP contribution in [0.5, 0.6) is 5.75 Å². The molecule has 0 saturated heterocycles. The van der Waals surface area contributed by atoms with Gasteiger partial charge in [0, 0.05) is 64.8 Å². The summed E-state index contributed by atoms with van der Waals surface area (Å²) in [7, 11) is -2.27. The molecule has 11 heteroatoms. The van der Waals surface area contributed by atoms with Gasteiger partial charge in [0.15, 0.2) is 5.56 Å². The molecule has 0 fully saturated rings. The third-order valence-electron chi connectivity index (χ3n) is 6.09. The van der Waals surface area contributed by atoms with Crippen LogP contribution in [0.2, 0.25) is 0 Å². The predicted octanol–water partition coefficient (Wildman–Crippen LogP) is 7.32. The number of halogens is 3. The zero-order valence-corrected chi connectivity index (χ0v) is 26.3. The van der Waals surface area contributed by atoms with Gasteiger partial charge in [-0.15, -0.1) is 0 Å². The summed E-state index contributed by atoms with van der Waals surface area (Å²) in [6.45, 7) is 18.9. The molecule has 1 heterocycles. The van der Waals surface area contributed by atoms with E-state index in [-0.39, 0.29) is 81.3 Å². The van der Waals surface area contributed by atoms with E-state index in [9.17, 15) is 32.4 Å². The first-order chi connectivity index (χ1) is 16.1. The maximum atomic E-state index is 13.3. The molecule has 1 aromatic heterocycles. The molecule has 3 aromatic rings. The Kier molecular flexibility index (Phi) is 11.9. The van der Waals surface area contributed by atoms with Gasteiger partial charge in [-0.3, -0.25) is 4.79 Å². The Morgan fingerprint density at radius 1 is 0.842 bits per heavy atom. The van der Waals surface area contributed by atoms with E-state index in [0.29, 0.717) is 10.8 Å². The fourth-order valence-electron chi connectivity index (χ4n) is 5.31. The molecule has 0 saturated carbocycles. The van der Waals surface area contributed by atoms with Crippen LogP contribution in [0, 0.1) is 49.4 Å². The van der Waals surface area contributed by atoms with E-state index >= 15 is 0 Å². The zero-order chi connectivity index (χ0) is 28.1. The monoisotopic (exact) mass is 697 g/mol. The van der Waals surface area contributed by atoms with Crippen LogP contribution < -0.4 is 5.63 Å². The average Bonchev–Trinajstić information content (AvgIpc) is 2.70. The maximum Gasteiger partial charge on any atom is 0.455 e. The molecule has 213 valence electrons. The molecule has 0 atom stereocenters. The molecule has 6 nitrogen and oxygen atoms in total. The second kappa shape index (κ2) is 12.2. The Balaban J connectivity index is 0.000000755.